The lowest BCUT2D eigenvalue weighted by molar-refractivity contribution is 0.173. The Morgan fingerprint density at radius 1 is 1.25 bits per heavy atom. The minimum absolute atomic E-state index is 0.0537. The van der Waals surface area contributed by atoms with Crippen LogP contribution in [0.2, 0.25) is 0 Å². The fourth-order valence-corrected chi connectivity index (χ4v) is 4.96. The van der Waals surface area contributed by atoms with E-state index in [1.807, 2.05) is 19.1 Å². The summed E-state index contributed by atoms with van der Waals surface area (Å²) in [6, 6.07) is 4.02. The van der Waals surface area contributed by atoms with Crippen LogP contribution in [0.15, 0.2) is 16.6 Å². The van der Waals surface area contributed by atoms with Gasteiger partial charge in [0.1, 0.15) is 0 Å². The molecule has 2 aliphatic heterocycles. The van der Waals surface area contributed by atoms with Crippen LogP contribution in [0.25, 0.3) is 0 Å². The molecule has 2 aliphatic rings. The minimum Gasteiger partial charge on any atom is -0.454 e. The summed E-state index contributed by atoms with van der Waals surface area (Å²) in [4.78, 5) is 2.34. The normalized spacial score (nSPS) is 18.9. The third-order valence-electron chi connectivity index (χ3n) is 4.34. The zero-order chi connectivity index (χ0) is 17.2. The molecule has 134 valence electrons. The first kappa shape index (κ1) is 18.0. The maximum Gasteiger partial charge on any atom is 0.231 e. The van der Waals surface area contributed by atoms with Gasteiger partial charge in [-0.25, -0.2) is 13.1 Å². The Hall–Kier alpha value is -0.830. The van der Waals surface area contributed by atoms with Crippen molar-refractivity contribution in [2.24, 2.45) is 0 Å². The van der Waals surface area contributed by atoms with Crippen LogP contribution >= 0.6 is 15.9 Å². The van der Waals surface area contributed by atoms with Gasteiger partial charge >= 0.3 is 0 Å². The zero-order valence-electron chi connectivity index (χ0n) is 13.8. The Morgan fingerprint density at radius 3 is 2.58 bits per heavy atom. The van der Waals surface area contributed by atoms with E-state index in [0.717, 1.165) is 54.0 Å². The van der Waals surface area contributed by atoms with E-state index in [4.69, 9.17) is 9.47 Å². The lowest BCUT2D eigenvalue weighted by Crippen LogP contribution is -2.44. The Labute approximate surface area is 151 Å². The first-order valence-corrected chi connectivity index (χ1v) is 10.7. The second kappa shape index (κ2) is 7.59. The molecule has 1 fully saturated rings. The predicted molar refractivity (Wildman–Crippen MR) is 95.8 cm³/mol. The number of hydrogen-bond acceptors (Lipinski definition) is 5. The first-order valence-electron chi connectivity index (χ1n) is 8.27. The molecule has 0 spiro atoms. The molecule has 1 aromatic carbocycles. The summed E-state index contributed by atoms with van der Waals surface area (Å²) >= 11 is 3.59. The van der Waals surface area contributed by atoms with E-state index in [0.29, 0.717) is 6.42 Å². The molecule has 0 bridgehead atoms. The third-order valence-corrected chi connectivity index (χ3v) is 6.72. The second-order valence-corrected chi connectivity index (χ2v) is 9.01. The molecule has 0 aliphatic carbocycles. The summed E-state index contributed by atoms with van der Waals surface area (Å²) in [5.41, 5.74) is 1.16. The van der Waals surface area contributed by atoms with E-state index < -0.39 is 10.0 Å². The van der Waals surface area contributed by atoms with Crippen molar-refractivity contribution in [1.29, 1.82) is 0 Å². The Morgan fingerprint density at radius 2 is 1.92 bits per heavy atom. The fraction of sp³-hybridized carbons (Fsp3) is 0.625. The van der Waals surface area contributed by atoms with Crippen LogP contribution in [-0.2, 0) is 16.6 Å². The van der Waals surface area contributed by atoms with E-state index in [-0.39, 0.29) is 18.6 Å². The van der Waals surface area contributed by atoms with Crippen LogP contribution in [0.3, 0.4) is 0 Å². The molecule has 0 amide bonds. The molecule has 1 N–H and O–H groups in total. The summed E-state index contributed by atoms with van der Waals surface area (Å²) in [7, 11) is -3.13. The van der Waals surface area contributed by atoms with Crippen molar-refractivity contribution >= 4 is 26.0 Å². The zero-order valence-corrected chi connectivity index (χ0v) is 16.2. The number of nitrogens with zero attached hydrogens (tertiary/aromatic N) is 1. The van der Waals surface area contributed by atoms with Gasteiger partial charge in [-0.3, -0.25) is 4.90 Å². The number of benzene rings is 1. The number of sulfonamides is 1. The van der Waals surface area contributed by atoms with Gasteiger partial charge < -0.3 is 9.47 Å². The summed E-state index contributed by atoms with van der Waals surface area (Å²) in [5, 5.41) is 0. The van der Waals surface area contributed by atoms with E-state index in [1.165, 1.54) is 0 Å². The van der Waals surface area contributed by atoms with Gasteiger partial charge in [0.15, 0.2) is 11.5 Å². The summed E-state index contributed by atoms with van der Waals surface area (Å²) < 4.78 is 38.4. The lowest BCUT2D eigenvalue weighted by Gasteiger charge is -2.32. The molecule has 24 heavy (non-hydrogen) atoms. The van der Waals surface area contributed by atoms with Crippen molar-refractivity contribution in [3.63, 3.8) is 0 Å². The Kier molecular flexibility index (Phi) is 5.69. The van der Waals surface area contributed by atoms with Crippen LogP contribution in [0.4, 0.5) is 0 Å². The van der Waals surface area contributed by atoms with E-state index >= 15 is 0 Å². The Balaban J connectivity index is 1.54. The monoisotopic (exact) mass is 418 g/mol. The number of fused-ring (bicyclic) bond motifs is 1. The van der Waals surface area contributed by atoms with Crippen molar-refractivity contribution in [3.8, 4) is 11.5 Å². The number of hydrogen-bond donors (Lipinski definition) is 1. The molecule has 1 saturated heterocycles. The summed E-state index contributed by atoms with van der Waals surface area (Å²) in [6.45, 7) is 4.71. The maximum absolute atomic E-state index is 11.9. The highest BCUT2D eigenvalue weighted by molar-refractivity contribution is 9.10. The molecule has 2 heterocycles. The van der Waals surface area contributed by atoms with Crippen LogP contribution in [0.5, 0.6) is 11.5 Å². The van der Waals surface area contributed by atoms with Crippen molar-refractivity contribution in [1.82, 2.24) is 9.62 Å². The molecule has 0 atom stereocenters. The predicted octanol–water partition coefficient (Wildman–Crippen LogP) is 2.47. The molecular formula is C16H23BrN2O4S. The fourth-order valence-electron chi connectivity index (χ4n) is 3.11. The van der Waals surface area contributed by atoms with Gasteiger partial charge in [-0.1, -0.05) is 22.9 Å². The van der Waals surface area contributed by atoms with Crippen LogP contribution in [-0.4, -0.2) is 45.0 Å². The van der Waals surface area contributed by atoms with Gasteiger partial charge in [-0.15, -0.1) is 0 Å². The minimum atomic E-state index is -3.13. The van der Waals surface area contributed by atoms with Crippen LogP contribution in [0, 0.1) is 0 Å². The standard InChI is InChI=1S/C16H23BrN2O4S/c1-2-7-24(20,21)18-13-3-5-19(6-4-13)10-12-8-15-16(9-14(12)17)23-11-22-15/h8-9,13,18H,2-7,10-11H2,1H3. The first-order chi connectivity index (χ1) is 11.5. The lowest BCUT2D eigenvalue weighted by atomic mass is 10.1. The van der Waals surface area contributed by atoms with Gasteiger partial charge in [0.25, 0.3) is 0 Å². The average molecular weight is 419 g/mol. The molecule has 0 radical (unpaired) electrons. The van der Waals surface area contributed by atoms with E-state index in [1.54, 1.807) is 0 Å². The Bertz CT molecular complexity index is 688. The number of likely N-dealkylation sites (tertiary alicyclic amines) is 1. The van der Waals surface area contributed by atoms with Crippen LogP contribution < -0.4 is 14.2 Å². The average Bonchev–Trinajstić information content (AvgIpc) is 2.96. The highest BCUT2D eigenvalue weighted by Gasteiger charge is 2.24. The number of rotatable bonds is 6. The quantitative estimate of drug-likeness (QED) is 0.768. The van der Waals surface area contributed by atoms with Gasteiger partial charge in [0.05, 0.1) is 5.75 Å². The maximum atomic E-state index is 11.9. The molecule has 6 nitrogen and oxygen atoms in total. The molecule has 3 rings (SSSR count). The molecule has 0 unspecified atom stereocenters. The topological polar surface area (TPSA) is 67.9 Å². The number of halogens is 1. The molecule has 0 saturated carbocycles. The molecule has 1 aromatic rings. The van der Waals surface area contributed by atoms with E-state index in [9.17, 15) is 8.42 Å². The summed E-state index contributed by atoms with van der Waals surface area (Å²) in [6.07, 6.45) is 2.32. The number of piperidine rings is 1. The van der Waals surface area contributed by atoms with Crippen molar-refractivity contribution < 1.29 is 17.9 Å². The van der Waals surface area contributed by atoms with Gasteiger partial charge in [0.2, 0.25) is 16.8 Å². The number of nitrogens with one attached hydrogen (secondary N) is 1. The van der Waals surface area contributed by atoms with Crippen molar-refractivity contribution in [3.05, 3.63) is 22.2 Å². The van der Waals surface area contributed by atoms with Gasteiger partial charge in [0, 0.05) is 30.1 Å². The third kappa shape index (κ3) is 4.41. The molecule has 8 heteroatoms. The largest absolute Gasteiger partial charge is 0.454 e. The van der Waals surface area contributed by atoms with Crippen molar-refractivity contribution in [2.75, 3.05) is 25.6 Å². The van der Waals surface area contributed by atoms with Crippen molar-refractivity contribution in [2.45, 2.75) is 38.8 Å². The highest BCUT2D eigenvalue weighted by Crippen LogP contribution is 2.37. The second-order valence-electron chi connectivity index (χ2n) is 6.28. The highest BCUT2D eigenvalue weighted by atomic mass is 79.9. The van der Waals surface area contributed by atoms with Crippen LogP contribution in [0.1, 0.15) is 31.7 Å². The molecular weight excluding hydrogens is 396 g/mol. The molecule has 0 aromatic heterocycles. The number of ether oxygens (including phenoxy) is 2. The SMILES string of the molecule is CCCS(=O)(=O)NC1CCN(Cc2cc3c(cc2Br)OCO3)CC1. The van der Waals surface area contributed by atoms with Gasteiger partial charge in [-0.05, 0) is 37.0 Å². The summed E-state index contributed by atoms with van der Waals surface area (Å²) in [5.74, 6) is 1.77. The van der Waals surface area contributed by atoms with E-state index in [2.05, 4.69) is 25.6 Å². The van der Waals surface area contributed by atoms with Gasteiger partial charge in [-0.2, -0.15) is 0 Å². The smallest absolute Gasteiger partial charge is 0.231 e.